The van der Waals surface area contributed by atoms with Gasteiger partial charge in [-0.25, -0.2) is 8.42 Å². The first-order chi connectivity index (χ1) is 13.0. The summed E-state index contributed by atoms with van der Waals surface area (Å²) in [5.41, 5.74) is 0.659. The monoisotopic (exact) mass is 404 g/mol. The first kappa shape index (κ1) is 17.9. The molecule has 3 aromatic rings. The second-order valence-electron chi connectivity index (χ2n) is 6.26. The molecule has 1 aromatic heterocycles. The molecule has 6 nitrogen and oxygen atoms in total. The predicted molar refractivity (Wildman–Crippen MR) is 102 cm³/mol. The Morgan fingerprint density at radius 2 is 1.78 bits per heavy atom. The molecule has 1 aliphatic carbocycles. The summed E-state index contributed by atoms with van der Waals surface area (Å²) in [7, 11) is -2.28. The number of rotatable bonds is 6. The second kappa shape index (κ2) is 6.90. The molecule has 1 saturated carbocycles. The van der Waals surface area contributed by atoms with E-state index in [0.717, 1.165) is 12.8 Å². The number of nitrogens with zero attached hydrogens (tertiary/aromatic N) is 1. The maximum Gasteiger partial charge on any atom is 0.234 e. The molecule has 140 valence electrons. The molecule has 0 spiro atoms. The number of anilines is 1. The largest absolute Gasteiger partial charge is 0.497 e. The van der Waals surface area contributed by atoms with Crippen LogP contribution in [0.1, 0.15) is 12.8 Å². The molecule has 2 aromatic carbocycles. The van der Waals surface area contributed by atoms with Crippen LogP contribution in [0.2, 0.25) is 5.02 Å². The number of aromatic nitrogens is 1. The van der Waals surface area contributed by atoms with E-state index >= 15 is 0 Å². The predicted octanol–water partition coefficient (Wildman–Crippen LogP) is 4.41. The normalized spacial score (nSPS) is 14.1. The summed E-state index contributed by atoms with van der Waals surface area (Å²) in [5, 5.41) is 3.47. The van der Waals surface area contributed by atoms with E-state index in [4.69, 9.17) is 20.8 Å². The van der Waals surface area contributed by atoms with Crippen molar-refractivity contribution >= 4 is 27.3 Å². The van der Waals surface area contributed by atoms with Crippen molar-refractivity contribution in [3.05, 3.63) is 53.6 Å². The SMILES string of the molecule is COc1ccc(-c2nc(S(=O)(=O)c3ccc(Cl)cc3)c(NC3CC3)o2)cc1. The molecular weight excluding hydrogens is 388 g/mol. The van der Waals surface area contributed by atoms with E-state index in [-0.39, 0.29) is 27.7 Å². The third-order valence-electron chi connectivity index (χ3n) is 4.22. The summed E-state index contributed by atoms with van der Waals surface area (Å²) in [4.78, 5) is 4.41. The van der Waals surface area contributed by atoms with Gasteiger partial charge in [-0.05, 0) is 61.4 Å². The van der Waals surface area contributed by atoms with Gasteiger partial charge in [0.25, 0.3) is 0 Å². The highest BCUT2D eigenvalue weighted by molar-refractivity contribution is 7.91. The van der Waals surface area contributed by atoms with Crippen molar-refractivity contribution in [3.63, 3.8) is 0 Å². The minimum atomic E-state index is -3.85. The highest BCUT2D eigenvalue weighted by Gasteiger charge is 2.32. The fourth-order valence-electron chi connectivity index (χ4n) is 2.57. The van der Waals surface area contributed by atoms with Crippen LogP contribution in [0, 0.1) is 0 Å². The Balaban J connectivity index is 1.78. The van der Waals surface area contributed by atoms with Crippen LogP contribution in [0.4, 0.5) is 5.88 Å². The topological polar surface area (TPSA) is 81.4 Å². The van der Waals surface area contributed by atoms with Gasteiger partial charge < -0.3 is 14.5 Å². The first-order valence-electron chi connectivity index (χ1n) is 8.40. The van der Waals surface area contributed by atoms with Gasteiger partial charge in [-0.1, -0.05) is 11.6 Å². The minimum absolute atomic E-state index is 0.111. The van der Waals surface area contributed by atoms with Crippen molar-refractivity contribution in [2.75, 3.05) is 12.4 Å². The molecule has 27 heavy (non-hydrogen) atoms. The number of sulfone groups is 1. The molecule has 0 aliphatic heterocycles. The average molecular weight is 405 g/mol. The minimum Gasteiger partial charge on any atom is -0.497 e. The number of hydrogen-bond acceptors (Lipinski definition) is 6. The molecule has 0 radical (unpaired) electrons. The number of benzene rings is 2. The molecule has 0 unspecified atom stereocenters. The van der Waals surface area contributed by atoms with Crippen LogP contribution in [0.25, 0.3) is 11.5 Å². The summed E-state index contributed by atoms with van der Waals surface area (Å²) >= 11 is 5.87. The second-order valence-corrected chi connectivity index (χ2v) is 8.56. The van der Waals surface area contributed by atoms with Gasteiger partial charge in [0, 0.05) is 16.6 Å². The fourth-order valence-corrected chi connectivity index (χ4v) is 3.97. The molecule has 0 bridgehead atoms. The molecule has 1 N–H and O–H groups in total. The molecule has 1 fully saturated rings. The number of ether oxygens (including phenoxy) is 1. The van der Waals surface area contributed by atoms with Crippen LogP contribution < -0.4 is 10.1 Å². The molecular formula is C19H17ClN2O4S. The number of halogens is 1. The quantitative estimate of drug-likeness (QED) is 0.655. The molecule has 1 aliphatic rings. The van der Waals surface area contributed by atoms with Gasteiger partial charge in [-0.15, -0.1) is 0 Å². The van der Waals surface area contributed by atoms with Gasteiger partial charge in [-0.3, -0.25) is 0 Å². The Bertz CT molecular complexity index is 1060. The third kappa shape index (κ3) is 3.65. The standard InChI is InChI=1S/C19H17ClN2O4S/c1-25-15-8-2-12(3-9-15)17-22-19(18(26-17)21-14-6-7-14)27(23,24)16-10-4-13(20)5-11-16/h2-5,8-11,14,21H,6-7H2,1H3. The van der Waals surface area contributed by atoms with Crippen LogP contribution >= 0.6 is 11.6 Å². The molecule has 8 heteroatoms. The lowest BCUT2D eigenvalue weighted by molar-refractivity contribution is 0.415. The van der Waals surface area contributed by atoms with Crippen molar-refractivity contribution in [1.29, 1.82) is 0 Å². The van der Waals surface area contributed by atoms with Gasteiger partial charge in [0.15, 0.2) is 0 Å². The zero-order valence-electron chi connectivity index (χ0n) is 14.5. The van der Waals surface area contributed by atoms with E-state index in [1.165, 1.54) is 24.3 Å². The van der Waals surface area contributed by atoms with Gasteiger partial charge in [0.05, 0.1) is 12.0 Å². The van der Waals surface area contributed by atoms with Crippen molar-refractivity contribution in [2.24, 2.45) is 0 Å². The Kier molecular flexibility index (Phi) is 4.57. The Labute approximate surface area is 162 Å². The number of hydrogen-bond donors (Lipinski definition) is 1. The lowest BCUT2D eigenvalue weighted by atomic mass is 10.2. The summed E-state index contributed by atoms with van der Waals surface area (Å²) in [6, 6.07) is 13.3. The van der Waals surface area contributed by atoms with E-state index in [1.807, 2.05) is 0 Å². The van der Waals surface area contributed by atoms with Crippen molar-refractivity contribution in [1.82, 2.24) is 4.98 Å². The van der Waals surface area contributed by atoms with Gasteiger partial charge in [-0.2, -0.15) is 4.98 Å². The lowest BCUT2D eigenvalue weighted by Crippen LogP contribution is -2.08. The maximum absolute atomic E-state index is 13.1. The molecule has 0 amide bonds. The van der Waals surface area contributed by atoms with Gasteiger partial charge in [0.2, 0.25) is 26.6 Å². The summed E-state index contributed by atoms with van der Waals surface area (Å²) in [6.07, 6.45) is 1.94. The maximum atomic E-state index is 13.1. The van der Waals surface area contributed by atoms with Gasteiger partial charge >= 0.3 is 0 Å². The average Bonchev–Trinajstić information content (AvgIpc) is 3.38. The van der Waals surface area contributed by atoms with Crippen LogP contribution in [-0.4, -0.2) is 26.6 Å². The van der Waals surface area contributed by atoms with E-state index in [0.29, 0.717) is 16.3 Å². The molecule has 4 rings (SSSR count). The van der Waals surface area contributed by atoms with Crippen LogP contribution in [0.15, 0.2) is 62.9 Å². The van der Waals surface area contributed by atoms with E-state index in [9.17, 15) is 8.42 Å². The van der Waals surface area contributed by atoms with Crippen LogP contribution in [0.5, 0.6) is 5.75 Å². The molecule has 1 heterocycles. The number of oxazole rings is 1. The third-order valence-corrected chi connectivity index (χ3v) is 6.15. The number of methoxy groups -OCH3 is 1. The molecule has 0 saturated heterocycles. The molecule has 0 atom stereocenters. The summed E-state index contributed by atoms with van der Waals surface area (Å²) in [6.45, 7) is 0. The van der Waals surface area contributed by atoms with Crippen LogP contribution in [0.3, 0.4) is 0 Å². The Morgan fingerprint density at radius 1 is 1.11 bits per heavy atom. The van der Waals surface area contributed by atoms with Crippen molar-refractivity contribution < 1.29 is 17.6 Å². The van der Waals surface area contributed by atoms with Crippen molar-refractivity contribution in [2.45, 2.75) is 28.8 Å². The smallest absolute Gasteiger partial charge is 0.234 e. The highest BCUT2D eigenvalue weighted by atomic mass is 35.5. The van der Waals surface area contributed by atoms with Gasteiger partial charge in [0.1, 0.15) is 5.75 Å². The Morgan fingerprint density at radius 3 is 2.37 bits per heavy atom. The highest BCUT2D eigenvalue weighted by Crippen LogP contribution is 2.36. The van der Waals surface area contributed by atoms with Crippen molar-refractivity contribution in [3.8, 4) is 17.2 Å². The number of nitrogens with one attached hydrogen (secondary N) is 1. The van der Waals surface area contributed by atoms with Crippen LogP contribution in [-0.2, 0) is 9.84 Å². The van der Waals surface area contributed by atoms with E-state index in [2.05, 4.69) is 10.3 Å². The first-order valence-corrected chi connectivity index (χ1v) is 10.3. The summed E-state index contributed by atoms with van der Waals surface area (Å²) in [5.74, 6) is 1.09. The Hall–Kier alpha value is -2.51. The zero-order chi connectivity index (χ0) is 19.0. The summed E-state index contributed by atoms with van der Waals surface area (Å²) < 4.78 is 37.1. The fraction of sp³-hybridized carbons (Fsp3) is 0.211. The van der Waals surface area contributed by atoms with E-state index < -0.39 is 9.84 Å². The lowest BCUT2D eigenvalue weighted by Gasteiger charge is -2.04. The van der Waals surface area contributed by atoms with E-state index in [1.54, 1.807) is 31.4 Å². The zero-order valence-corrected chi connectivity index (χ0v) is 16.0.